The van der Waals surface area contributed by atoms with Crippen LogP contribution in [0.25, 0.3) is 0 Å². The van der Waals surface area contributed by atoms with Crippen molar-refractivity contribution < 1.29 is 4.52 Å². The van der Waals surface area contributed by atoms with E-state index in [1.54, 1.807) is 12.1 Å². The van der Waals surface area contributed by atoms with Gasteiger partial charge in [-0.1, -0.05) is 28.4 Å². The summed E-state index contributed by atoms with van der Waals surface area (Å²) in [4.78, 5) is 5.27. The molecule has 0 saturated heterocycles. The maximum absolute atomic E-state index is 6.16. The third-order valence-corrected chi connectivity index (χ3v) is 5.12. The van der Waals surface area contributed by atoms with E-state index in [1.165, 1.54) is 11.8 Å². The van der Waals surface area contributed by atoms with Gasteiger partial charge in [0.2, 0.25) is 5.89 Å². The Labute approximate surface area is 131 Å². The molecule has 3 rings (SSSR count). The predicted octanol–water partition coefficient (Wildman–Crippen LogP) is 4.01. The van der Waals surface area contributed by atoms with E-state index in [2.05, 4.69) is 10.1 Å². The van der Waals surface area contributed by atoms with E-state index >= 15 is 0 Å². The van der Waals surface area contributed by atoms with Crippen LogP contribution in [0.3, 0.4) is 0 Å². The van der Waals surface area contributed by atoms with E-state index < -0.39 is 0 Å². The van der Waals surface area contributed by atoms with Crippen molar-refractivity contribution in [3.8, 4) is 0 Å². The van der Waals surface area contributed by atoms with Gasteiger partial charge in [-0.2, -0.15) is 4.98 Å². The van der Waals surface area contributed by atoms with Gasteiger partial charge in [0.15, 0.2) is 5.82 Å². The fourth-order valence-corrected chi connectivity index (χ4v) is 3.35. The van der Waals surface area contributed by atoms with Gasteiger partial charge in [-0.3, -0.25) is 0 Å². The molecule has 0 aliphatic heterocycles. The first-order chi connectivity index (χ1) is 9.57. The van der Waals surface area contributed by atoms with Crippen LogP contribution < -0.4 is 5.73 Å². The molecule has 0 amide bonds. The molecule has 0 unspecified atom stereocenters. The Morgan fingerprint density at radius 2 is 2.15 bits per heavy atom. The molecule has 1 aliphatic carbocycles. The van der Waals surface area contributed by atoms with Gasteiger partial charge in [-0.15, -0.1) is 11.8 Å². The van der Waals surface area contributed by atoms with Crippen molar-refractivity contribution in [2.75, 3.05) is 0 Å². The van der Waals surface area contributed by atoms with E-state index in [0.717, 1.165) is 24.2 Å². The highest BCUT2D eigenvalue weighted by atomic mass is 35.5. The van der Waals surface area contributed by atoms with Gasteiger partial charge in [-0.05, 0) is 37.5 Å². The summed E-state index contributed by atoms with van der Waals surface area (Å²) in [7, 11) is 0. The number of benzene rings is 1. The first kappa shape index (κ1) is 14.2. The SMILES string of the molecule is NC1(c2noc(CSc3cc(Cl)ccc3Cl)n2)CCC1. The van der Waals surface area contributed by atoms with Crippen LogP contribution in [0.5, 0.6) is 0 Å². The monoisotopic (exact) mass is 329 g/mol. The standard InChI is InChI=1S/C13H13Cl2N3OS/c14-8-2-3-9(15)10(6-8)20-7-11-17-12(18-19-11)13(16)4-1-5-13/h2-3,6H,1,4-5,7,16H2. The summed E-state index contributed by atoms with van der Waals surface area (Å²) >= 11 is 13.6. The van der Waals surface area contributed by atoms with Crippen molar-refractivity contribution in [2.24, 2.45) is 5.73 Å². The second-order valence-corrected chi connectivity index (χ2v) is 6.75. The Bertz CT molecular complexity index is 628. The van der Waals surface area contributed by atoms with Gasteiger partial charge in [0.25, 0.3) is 0 Å². The number of rotatable bonds is 4. The number of nitrogens with zero attached hydrogens (tertiary/aromatic N) is 2. The fourth-order valence-electron chi connectivity index (χ4n) is 2.02. The zero-order valence-corrected chi connectivity index (χ0v) is 12.9. The zero-order chi connectivity index (χ0) is 14.2. The molecule has 20 heavy (non-hydrogen) atoms. The van der Waals surface area contributed by atoms with Gasteiger partial charge >= 0.3 is 0 Å². The normalized spacial score (nSPS) is 16.9. The van der Waals surface area contributed by atoms with Crippen LogP contribution in [0.15, 0.2) is 27.6 Å². The number of thioether (sulfide) groups is 1. The maximum atomic E-state index is 6.16. The van der Waals surface area contributed by atoms with Gasteiger partial charge < -0.3 is 10.3 Å². The average molecular weight is 330 g/mol. The van der Waals surface area contributed by atoms with E-state index in [1.807, 2.05) is 6.07 Å². The predicted molar refractivity (Wildman–Crippen MR) is 80.0 cm³/mol. The van der Waals surface area contributed by atoms with Crippen LogP contribution in [-0.2, 0) is 11.3 Å². The lowest BCUT2D eigenvalue weighted by molar-refractivity contribution is 0.229. The Morgan fingerprint density at radius 1 is 1.35 bits per heavy atom. The van der Waals surface area contributed by atoms with E-state index in [4.69, 9.17) is 33.5 Å². The molecular formula is C13H13Cl2N3OS. The van der Waals surface area contributed by atoms with Crippen molar-refractivity contribution >= 4 is 35.0 Å². The molecule has 1 heterocycles. The Balaban J connectivity index is 1.68. The van der Waals surface area contributed by atoms with Crippen molar-refractivity contribution in [2.45, 2.75) is 35.4 Å². The average Bonchev–Trinajstić information content (AvgIpc) is 2.86. The quantitative estimate of drug-likeness (QED) is 0.858. The molecule has 0 spiro atoms. The number of hydrogen-bond donors (Lipinski definition) is 1. The van der Waals surface area contributed by atoms with Crippen LogP contribution in [0, 0.1) is 0 Å². The van der Waals surface area contributed by atoms with Gasteiger partial charge in [-0.25, -0.2) is 0 Å². The molecule has 4 nitrogen and oxygen atoms in total. The Hall–Kier alpha value is -0.750. The summed E-state index contributed by atoms with van der Waals surface area (Å²) in [5.74, 6) is 1.71. The van der Waals surface area contributed by atoms with E-state index in [0.29, 0.717) is 27.5 Å². The second-order valence-electron chi connectivity index (χ2n) is 4.88. The van der Waals surface area contributed by atoms with Crippen LogP contribution in [-0.4, -0.2) is 10.1 Å². The molecule has 0 bridgehead atoms. The second kappa shape index (κ2) is 5.56. The summed E-state index contributed by atoms with van der Waals surface area (Å²) in [6.45, 7) is 0. The first-order valence-corrected chi connectivity index (χ1v) is 8.01. The van der Waals surface area contributed by atoms with Crippen molar-refractivity contribution in [3.05, 3.63) is 40.0 Å². The van der Waals surface area contributed by atoms with Crippen molar-refractivity contribution in [1.29, 1.82) is 0 Å². The van der Waals surface area contributed by atoms with Crippen molar-refractivity contribution in [1.82, 2.24) is 10.1 Å². The van der Waals surface area contributed by atoms with E-state index in [-0.39, 0.29) is 5.54 Å². The molecule has 1 saturated carbocycles. The molecule has 2 aromatic rings. The Kier molecular flexibility index (Phi) is 3.95. The molecule has 1 aromatic heterocycles. The lowest BCUT2D eigenvalue weighted by atomic mass is 9.77. The smallest absolute Gasteiger partial charge is 0.237 e. The molecule has 106 valence electrons. The zero-order valence-electron chi connectivity index (χ0n) is 10.6. The number of aromatic nitrogens is 2. The van der Waals surface area contributed by atoms with Crippen LogP contribution in [0.4, 0.5) is 0 Å². The molecule has 1 fully saturated rings. The topological polar surface area (TPSA) is 64.9 Å². The Morgan fingerprint density at radius 3 is 2.85 bits per heavy atom. The summed E-state index contributed by atoms with van der Waals surface area (Å²) in [5.41, 5.74) is 5.77. The molecule has 0 atom stereocenters. The molecular weight excluding hydrogens is 317 g/mol. The van der Waals surface area contributed by atoms with Gasteiger partial charge in [0, 0.05) is 9.92 Å². The number of hydrogen-bond acceptors (Lipinski definition) is 5. The highest BCUT2D eigenvalue weighted by Crippen LogP contribution is 2.37. The van der Waals surface area contributed by atoms with Crippen LogP contribution in [0.1, 0.15) is 31.0 Å². The highest BCUT2D eigenvalue weighted by molar-refractivity contribution is 7.98. The molecule has 1 aliphatic rings. The minimum Gasteiger partial charge on any atom is -0.338 e. The first-order valence-electron chi connectivity index (χ1n) is 6.27. The van der Waals surface area contributed by atoms with Crippen LogP contribution in [0.2, 0.25) is 10.0 Å². The van der Waals surface area contributed by atoms with Gasteiger partial charge in [0.05, 0.1) is 16.3 Å². The number of halogens is 2. The third-order valence-electron chi connectivity index (χ3n) is 3.40. The molecule has 1 aromatic carbocycles. The minimum atomic E-state index is -0.389. The summed E-state index contributed by atoms with van der Waals surface area (Å²) < 4.78 is 5.24. The molecule has 7 heteroatoms. The van der Waals surface area contributed by atoms with Gasteiger partial charge in [0.1, 0.15) is 0 Å². The summed E-state index contributed by atoms with van der Waals surface area (Å²) in [5, 5.41) is 5.29. The summed E-state index contributed by atoms with van der Waals surface area (Å²) in [6.07, 6.45) is 2.95. The molecule has 2 N–H and O–H groups in total. The fraction of sp³-hybridized carbons (Fsp3) is 0.385. The molecule has 0 radical (unpaired) electrons. The van der Waals surface area contributed by atoms with Crippen LogP contribution >= 0.6 is 35.0 Å². The lowest BCUT2D eigenvalue weighted by Crippen LogP contribution is -2.44. The lowest BCUT2D eigenvalue weighted by Gasteiger charge is -2.34. The summed E-state index contributed by atoms with van der Waals surface area (Å²) in [6, 6.07) is 5.35. The maximum Gasteiger partial charge on any atom is 0.237 e. The van der Waals surface area contributed by atoms with E-state index in [9.17, 15) is 0 Å². The number of nitrogens with two attached hydrogens (primary N) is 1. The van der Waals surface area contributed by atoms with Crippen molar-refractivity contribution in [3.63, 3.8) is 0 Å². The minimum absolute atomic E-state index is 0.389. The third kappa shape index (κ3) is 2.81. The largest absolute Gasteiger partial charge is 0.338 e. The highest BCUT2D eigenvalue weighted by Gasteiger charge is 2.38.